The van der Waals surface area contributed by atoms with Crippen LogP contribution in [0.5, 0.6) is 0 Å². The Morgan fingerprint density at radius 3 is 2.56 bits per heavy atom. The minimum Gasteiger partial charge on any atom is -0.398 e. The highest BCUT2D eigenvalue weighted by molar-refractivity contribution is 5.62. The van der Waals surface area contributed by atoms with Gasteiger partial charge in [0, 0.05) is 11.7 Å². The van der Waals surface area contributed by atoms with Gasteiger partial charge in [0.05, 0.1) is 11.3 Å². The zero-order valence-corrected chi connectivity index (χ0v) is 10.1. The molecule has 3 heteroatoms. The molecule has 3 N–H and O–H groups in total. The van der Waals surface area contributed by atoms with Crippen LogP contribution in [0.15, 0.2) is 18.2 Å². The Bertz CT molecular complexity index is 391. The molecule has 0 bridgehead atoms. The monoisotopic (exact) mass is 217 g/mol. The molecule has 0 aliphatic rings. The summed E-state index contributed by atoms with van der Waals surface area (Å²) in [5.74, 6) is 0.571. The fourth-order valence-electron chi connectivity index (χ4n) is 1.71. The molecule has 1 aromatic carbocycles. The van der Waals surface area contributed by atoms with Crippen LogP contribution in [0, 0.1) is 17.2 Å². The number of anilines is 2. The summed E-state index contributed by atoms with van der Waals surface area (Å²) < 4.78 is 0. The van der Waals surface area contributed by atoms with Crippen molar-refractivity contribution in [1.29, 1.82) is 5.26 Å². The van der Waals surface area contributed by atoms with Crippen LogP contribution in [-0.2, 0) is 0 Å². The minimum absolute atomic E-state index is 0.437. The highest BCUT2D eigenvalue weighted by atomic mass is 14.9. The number of hydrogen-bond acceptors (Lipinski definition) is 3. The van der Waals surface area contributed by atoms with Gasteiger partial charge in [-0.05, 0) is 30.5 Å². The van der Waals surface area contributed by atoms with E-state index in [-0.39, 0.29) is 0 Å². The standard InChI is InChI=1S/C13H19N3/c1-4-13(9(2)3)16-11-6-5-10(8-14)12(15)7-11/h5-7,9,13,16H,4,15H2,1-3H3. The molecule has 16 heavy (non-hydrogen) atoms. The van der Waals surface area contributed by atoms with Crippen molar-refractivity contribution in [3.05, 3.63) is 23.8 Å². The number of rotatable bonds is 4. The Balaban J connectivity index is 2.83. The topological polar surface area (TPSA) is 61.8 Å². The number of nitrogens with two attached hydrogens (primary N) is 1. The molecule has 0 fully saturated rings. The van der Waals surface area contributed by atoms with Gasteiger partial charge in [0.2, 0.25) is 0 Å². The van der Waals surface area contributed by atoms with E-state index in [1.165, 1.54) is 0 Å². The van der Waals surface area contributed by atoms with Crippen LogP contribution in [0.25, 0.3) is 0 Å². The highest BCUT2D eigenvalue weighted by Gasteiger charge is 2.10. The van der Waals surface area contributed by atoms with Gasteiger partial charge in [-0.2, -0.15) is 5.26 Å². The Kier molecular flexibility index (Phi) is 4.19. The summed E-state index contributed by atoms with van der Waals surface area (Å²) in [7, 11) is 0. The molecule has 0 heterocycles. The van der Waals surface area contributed by atoms with Crippen molar-refractivity contribution < 1.29 is 0 Å². The van der Waals surface area contributed by atoms with Crippen LogP contribution in [0.1, 0.15) is 32.8 Å². The number of nitrogens with zero attached hydrogens (tertiary/aromatic N) is 1. The molecule has 0 aliphatic heterocycles. The van der Waals surface area contributed by atoms with Gasteiger partial charge in [-0.25, -0.2) is 0 Å². The highest BCUT2D eigenvalue weighted by Crippen LogP contribution is 2.20. The van der Waals surface area contributed by atoms with E-state index in [2.05, 4.69) is 32.2 Å². The molecule has 86 valence electrons. The van der Waals surface area contributed by atoms with Crippen LogP contribution in [-0.4, -0.2) is 6.04 Å². The van der Waals surface area contributed by atoms with Crippen LogP contribution < -0.4 is 11.1 Å². The Morgan fingerprint density at radius 1 is 1.44 bits per heavy atom. The molecule has 1 unspecified atom stereocenters. The van der Waals surface area contributed by atoms with Gasteiger partial charge < -0.3 is 11.1 Å². The maximum absolute atomic E-state index is 8.78. The first-order valence-corrected chi connectivity index (χ1v) is 5.64. The lowest BCUT2D eigenvalue weighted by molar-refractivity contribution is 0.511. The summed E-state index contributed by atoms with van der Waals surface area (Å²) in [6.45, 7) is 6.53. The predicted molar refractivity (Wildman–Crippen MR) is 68.1 cm³/mol. The Hall–Kier alpha value is -1.69. The normalized spacial score (nSPS) is 12.2. The van der Waals surface area contributed by atoms with Gasteiger partial charge in [0.25, 0.3) is 0 Å². The molecule has 0 saturated carbocycles. The van der Waals surface area contributed by atoms with E-state index < -0.39 is 0 Å². The molecule has 1 aromatic rings. The average molecular weight is 217 g/mol. The van der Waals surface area contributed by atoms with Crippen LogP contribution in [0.2, 0.25) is 0 Å². The van der Waals surface area contributed by atoms with E-state index in [9.17, 15) is 0 Å². The second kappa shape index (κ2) is 5.41. The SMILES string of the molecule is CCC(Nc1ccc(C#N)c(N)c1)C(C)C. The van der Waals surface area contributed by atoms with Gasteiger partial charge in [0.1, 0.15) is 6.07 Å². The average Bonchev–Trinajstić information content (AvgIpc) is 2.25. The van der Waals surface area contributed by atoms with Crippen molar-refractivity contribution >= 4 is 11.4 Å². The summed E-state index contributed by atoms with van der Waals surface area (Å²) in [5.41, 5.74) is 7.81. The summed E-state index contributed by atoms with van der Waals surface area (Å²) in [4.78, 5) is 0. The minimum atomic E-state index is 0.437. The van der Waals surface area contributed by atoms with Crippen molar-refractivity contribution in [3.8, 4) is 6.07 Å². The molecule has 0 saturated heterocycles. The van der Waals surface area contributed by atoms with E-state index in [1.54, 1.807) is 6.07 Å². The number of nitrogens with one attached hydrogen (secondary N) is 1. The van der Waals surface area contributed by atoms with Crippen LogP contribution >= 0.6 is 0 Å². The summed E-state index contributed by atoms with van der Waals surface area (Å²) >= 11 is 0. The molecule has 3 nitrogen and oxygen atoms in total. The maximum atomic E-state index is 8.78. The van der Waals surface area contributed by atoms with E-state index in [1.807, 2.05) is 12.1 Å². The largest absolute Gasteiger partial charge is 0.398 e. The van der Waals surface area contributed by atoms with Crippen molar-refractivity contribution in [2.45, 2.75) is 33.2 Å². The summed E-state index contributed by atoms with van der Waals surface area (Å²) in [6.07, 6.45) is 1.07. The second-order valence-corrected chi connectivity index (χ2v) is 4.32. The summed E-state index contributed by atoms with van der Waals surface area (Å²) in [6, 6.07) is 7.98. The van der Waals surface area contributed by atoms with Crippen molar-refractivity contribution in [2.24, 2.45) is 5.92 Å². The van der Waals surface area contributed by atoms with Crippen molar-refractivity contribution in [3.63, 3.8) is 0 Å². The Morgan fingerprint density at radius 2 is 2.12 bits per heavy atom. The fourth-order valence-corrected chi connectivity index (χ4v) is 1.71. The van der Waals surface area contributed by atoms with E-state index in [0.717, 1.165) is 12.1 Å². The molecule has 0 amide bonds. The van der Waals surface area contributed by atoms with E-state index in [4.69, 9.17) is 11.0 Å². The fraction of sp³-hybridized carbons (Fsp3) is 0.462. The smallest absolute Gasteiger partial charge is 0.101 e. The molecule has 0 radical (unpaired) electrons. The molecule has 1 atom stereocenters. The first-order chi connectivity index (χ1) is 7.58. The van der Waals surface area contributed by atoms with Crippen molar-refractivity contribution in [2.75, 3.05) is 11.1 Å². The Labute approximate surface area is 97.3 Å². The second-order valence-electron chi connectivity index (χ2n) is 4.32. The molecule has 0 spiro atoms. The van der Waals surface area contributed by atoms with E-state index in [0.29, 0.717) is 23.2 Å². The van der Waals surface area contributed by atoms with Gasteiger partial charge in [-0.3, -0.25) is 0 Å². The van der Waals surface area contributed by atoms with Gasteiger partial charge in [-0.15, -0.1) is 0 Å². The van der Waals surface area contributed by atoms with Gasteiger partial charge in [-0.1, -0.05) is 20.8 Å². The molecular weight excluding hydrogens is 198 g/mol. The van der Waals surface area contributed by atoms with E-state index >= 15 is 0 Å². The third-order valence-electron chi connectivity index (χ3n) is 2.77. The third-order valence-corrected chi connectivity index (χ3v) is 2.77. The first-order valence-electron chi connectivity index (χ1n) is 5.64. The lowest BCUT2D eigenvalue weighted by Gasteiger charge is -2.22. The predicted octanol–water partition coefficient (Wildman–Crippen LogP) is 2.99. The van der Waals surface area contributed by atoms with Crippen LogP contribution in [0.3, 0.4) is 0 Å². The molecular formula is C13H19N3. The third kappa shape index (κ3) is 2.90. The number of benzene rings is 1. The molecule has 0 aromatic heterocycles. The lowest BCUT2D eigenvalue weighted by atomic mass is 10.0. The van der Waals surface area contributed by atoms with Gasteiger partial charge in [0.15, 0.2) is 0 Å². The number of nitrogen functional groups attached to an aromatic ring is 1. The van der Waals surface area contributed by atoms with Crippen LogP contribution in [0.4, 0.5) is 11.4 Å². The van der Waals surface area contributed by atoms with Gasteiger partial charge >= 0.3 is 0 Å². The summed E-state index contributed by atoms with van der Waals surface area (Å²) in [5, 5.41) is 12.2. The molecule has 0 aliphatic carbocycles. The lowest BCUT2D eigenvalue weighted by Crippen LogP contribution is -2.24. The maximum Gasteiger partial charge on any atom is 0.101 e. The zero-order chi connectivity index (χ0) is 12.1. The quantitative estimate of drug-likeness (QED) is 0.762. The van der Waals surface area contributed by atoms with Crippen molar-refractivity contribution in [1.82, 2.24) is 0 Å². The molecule has 1 rings (SSSR count). The first kappa shape index (κ1) is 12.4. The number of hydrogen-bond donors (Lipinski definition) is 2. The number of nitriles is 1. The zero-order valence-electron chi connectivity index (χ0n) is 10.1.